The van der Waals surface area contributed by atoms with Crippen molar-refractivity contribution in [3.05, 3.63) is 0 Å². The highest BCUT2D eigenvalue weighted by molar-refractivity contribution is 6.08. The lowest BCUT2D eigenvalue weighted by Crippen LogP contribution is -2.47. The van der Waals surface area contributed by atoms with Crippen LogP contribution in [0.5, 0.6) is 0 Å². The Morgan fingerprint density at radius 2 is 2.11 bits per heavy atom. The first-order valence-corrected chi connectivity index (χ1v) is 6.27. The van der Waals surface area contributed by atoms with E-state index in [-0.39, 0.29) is 25.1 Å². The molecular formula is C12H21N3O4. The molecule has 19 heavy (non-hydrogen) atoms. The normalized spacial score (nSPS) is 24.4. The van der Waals surface area contributed by atoms with Gasteiger partial charge >= 0.3 is 6.03 Å². The molecule has 4 amide bonds. The SMILES string of the molecule is CCC1(C)NC(=O)N(CC(=O)N(C)C(C)CO)C1=O. The maximum atomic E-state index is 12.1. The van der Waals surface area contributed by atoms with Crippen LogP contribution in [0.25, 0.3) is 0 Å². The summed E-state index contributed by atoms with van der Waals surface area (Å²) in [6.07, 6.45) is 0.463. The van der Waals surface area contributed by atoms with Crippen LogP contribution >= 0.6 is 0 Å². The maximum Gasteiger partial charge on any atom is 0.325 e. The third-order valence-corrected chi connectivity index (χ3v) is 3.66. The summed E-state index contributed by atoms with van der Waals surface area (Å²) in [5.41, 5.74) is -0.932. The zero-order chi connectivity index (χ0) is 14.8. The average molecular weight is 271 g/mol. The molecule has 2 N–H and O–H groups in total. The van der Waals surface area contributed by atoms with Gasteiger partial charge in [-0.05, 0) is 20.3 Å². The molecule has 0 saturated carbocycles. The third kappa shape index (κ3) is 2.86. The van der Waals surface area contributed by atoms with Crippen LogP contribution in [-0.4, -0.2) is 64.5 Å². The molecule has 2 unspecified atom stereocenters. The molecule has 1 aliphatic heterocycles. The van der Waals surface area contributed by atoms with Crippen LogP contribution in [0.2, 0.25) is 0 Å². The lowest BCUT2D eigenvalue weighted by molar-refractivity contribution is -0.139. The van der Waals surface area contributed by atoms with Gasteiger partial charge in [0.1, 0.15) is 12.1 Å². The van der Waals surface area contributed by atoms with Gasteiger partial charge < -0.3 is 15.3 Å². The summed E-state index contributed by atoms with van der Waals surface area (Å²) in [6, 6.07) is -0.904. The van der Waals surface area contributed by atoms with E-state index in [4.69, 9.17) is 5.11 Å². The molecule has 1 rings (SSSR count). The van der Waals surface area contributed by atoms with Crippen molar-refractivity contribution in [3.8, 4) is 0 Å². The fourth-order valence-corrected chi connectivity index (χ4v) is 1.75. The number of likely N-dealkylation sites (N-methyl/N-ethyl adjacent to an activating group) is 1. The van der Waals surface area contributed by atoms with Crippen LogP contribution in [0.4, 0.5) is 4.79 Å². The van der Waals surface area contributed by atoms with Gasteiger partial charge in [0.15, 0.2) is 0 Å². The topological polar surface area (TPSA) is 90.0 Å². The largest absolute Gasteiger partial charge is 0.394 e. The van der Waals surface area contributed by atoms with Crippen molar-refractivity contribution in [3.63, 3.8) is 0 Å². The first-order valence-electron chi connectivity index (χ1n) is 6.27. The zero-order valence-electron chi connectivity index (χ0n) is 11.8. The van der Waals surface area contributed by atoms with E-state index in [0.717, 1.165) is 4.90 Å². The van der Waals surface area contributed by atoms with Gasteiger partial charge in [-0.25, -0.2) is 4.79 Å². The number of carbonyl (C=O) groups excluding carboxylic acids is 3. The second kappa shape index (κ2) is 5.56. The molecule has 0 bridgehead atoms. The van der Waals surface area contributed by atoms with Crippen molar-refractivity contribution in [2.45, 2.75) is 38.8 Å². The molecule has 0 aromatic rings. The molecule has 0 aromatic heterocycles. The highest BCUT2D eigenvalue weighted by Gasteiger charge is 2.47. The van der Waals surface area contributed by atoms with Crippen LogP contribution in [-0.2, 0) is 9.59 Å². The van der Waals surface area contributed by atoms with Crippen molar-refractivity contribution in [2.75, 3.05) is 20.2 Å². The van der Waals surface area contributed by atoms with Gasteiger partial charge in [-0.2, -0.15) is 0 Å². The summed E-state index contributed by atoms with van der Waals surface area (Å²) in [4.78, 5) is 38.0. The standard InChI is InChI=1S/C12H21N3O4/c1-5-12(3)10(18)15(11(19)13-12)6-9(17)14(4)8(2)7-16/h8,16H,5-7H2,1-4H3,(H,13,19). The molecule has 7 heteroatoms. The van der Waals surface area contributed by atoms with Gasteiger partial charge in [0.25, 0.3) is 5.91 Å². The Morgan fingerprint density at radius 3 is 2.53 bits per heavy atom. The van der Waals surface area contributed by atoms with E-state index in [0.29, 0.717) is 6.42 Å². The molecule has 1 heterocycles. The van der Waals surface area contributed by atoms with E-state index in [1.807, 2.05) is 0 Å². The Balaban J connectivity index is 2.75. The van der Waals surface area contributed by atoms with Crippen molar-refractivity contribution in [1.82, 2.24) is 15.1 Å². The maximum absolute atomic E-state index is 12.1. The Labute approximate surface area is 112 Å². The van der Waals surface area contributed by atoms with E-state index in [1.54, 1.807) is 20.8 Å². The van der Waals surface area contributed by atoms with Gasteiger partial charge in [-0.15, -0.1) is 0 Å². The summed E-state index contributed by atoms with van der Waals surface area (Å²) in [7, 11) is 1.53. The summed E-state index contributed by atoms with van der Waals surface area (Å²) in [6.45, 7) is 4.64. The first-order chi connectivity index (χ1) is 8.76. The third-order valence-electron chi connectivity index (χ3n) is 3.66. The van der Waals surface area contributed by atoms with Crippen molar-refractivity contribution in [2.24, 2.45) is 0 Å². The van der Waals surface area contributed by atoms with Gasteiger partial charge in [0.05, 0.1) is 12.6 Å². The number of imide groups is 1. The minimum atomic E-state index is -0.932. The Hall–Kier alpha value is -1.63. The van der Waals surface area contributed by atoms with Gasteiger partial charge in [-0.3, -0.25) is 14.5 Å². The molecular weight excluding hydrogens is 250 g/mol. The Bertz CT molecular complexity index is 398. The molecule has 0 aliphatic carbocycles. The molecule has 2 atom stereocenters. The second-order valence-electron chi connectivity index (χ2n) is 5.04. The fourth-order valence-electron chi connectivity index (χ4n) is 1.75. The summed E-state index contributed by atoms with van der Waals surface area (Å²) in [5, 5.41) is 11.6. The minimum absolute atomic E-state index is 0.172. The van der Waals surface area contributed by atoms with Crippen LogP contribution in [0.3, 0.4) is 0 Å². The zero-order valence-corrected chi connectivity index (χ0v) is 11.8. The van der Waals surface area contributed by atoms with Crippen molar-refractivity contribution in [1.29, 1.82) is 0 Å². The van der Waals surface area contributed by atoms with Crippen LogP contribution in [0.1, 0.15) is 27.2 Å². The molecule has 1 saturated heterocycles. The average Bonchev–Trinajstić information content (AvgIpc) is 2.61. The molecule has 0 aromatic carbocycles. The highest BCUT2D eigenvalue weighted by atomic mass is 16.3. The number of urea groups is 1. The molecule has 108 valence electrons. The summed E-state index contributed by atoms with van der Waals surface area (Å²) >= 11 is 0. The minimum Gasteiger partial charge on any atom is -0.394 e. The van der Waals surface area contributed by atoms with Crippen LogP contribution in [0, 0.1) is 0 Å². The number of nitrogens with one attached hydrogen (secondary N) is 1. The smallest absolute Gasteiger partial charge is 0.325 e. The predicted molar refractivity (Wildman–Crippen MR) is 68.3 cm³/mol. The molecule has 0 spiro atoms. The highest BCUT2D eigenvalue weighted by Crippen LogP contribution is 2.20. The number of aliphatic hydroxyl groups is 1. The van der Waals surface area contributed by atoms with E-state index in [1.165, 1.54) is 11.9 Å². The van der Waals surface area contributed by atoms with E-state index in [9.17, 15) is 14.4 Å². The summed E-state index contributed by atoms with van der Waals surface area (Å²) < 4.78 is 0. The van der Waals surface area contributed by atoms with E-state index in [2.05, 4.69) is 5.32 Å². The van der Waals surface area contributed by atoms with Crippen LogP contribution in [0.15, 0.2) is 0 Å². The van der Waals surface area contributed by atoms with E-state index >= 15 is 0 Å². The number of nitrogens with zero attached hydrogens (tertiary/aromatic N) is 2. The van der Waals surface area contributed by atoms with Crippen LogP contribution < -0.4 is 5.32 Å². The summed E-state index contributed by atoms with van der Waals surface area (Å²) in [5.74, 6) is -0.774. The second-order valence-corrected chi connectivity index (χ2v) is 5.04. The number of aliphatic hydroxyl groups excluding tert-OH is 1. The lowest BCUT2D eigenvalue weighted by atomic mass is 9.99. The van der Waals surface area contributed by atoms with Crippen molar-refractivity contribution >= 4 is 17.8 Å². The fraction of sp³-hybridized carbons (Fsp3) is 0.750. The monoisotopic (exact) mass is 271 g/mol. The van der Waals surface area contributed by atoms with Gasteiger partial charge in [0.2, 0.25) is 5.91 Å². The molecule has 7 nitrogen and oxygen atoms in total. The van der Waals surface area contributed by atoms with Gasteiger partial charge in [0, 0.05) is 7.05 Å². The predicted octanol–water partition coefficient (Wildman–Crippen LogP) is -0.454. The van der Waals surface area contributed by atoms with E-state index < -0.39 is 17.5 Å². The van der Waals surface area contributed by atoms with Crippen molar-refractivity contribution < 1.29 is 19.5 Å². The number of hydrogen-bond acceptors (Lipinski definition) is 4. The number of hydrogen-bond donors (Lipinski definition) is 2. The molecule has 1 aliphatic rings. The molecule has 0 radical (unpaired) electrons. The number of rotatable bonds is 5. The molecule has 1 fully saturated rings. The Morgan fingerprint density at radius 1 is 1.53 bits per heavy atom. The quantitative estimate of drug-likeness (QED) is 0.662. The first kappa shape index (κ1) is 15.4. The Kier molecular flexibility index (Phi) is 4.52. The number of amides is 4. The van der Waals surface area contributed by atoms with Gasteiger partial charge in [-0.1, -0.05) is 6.92 Å². The number of carbonyl (C=O) groups is 3. The lowest BCUT2D eigenvalue weighted by Gasteiger charge is -2.25.